The summed E-state index contributed by atoms with van der Waals surface area (Å²) in [6.45, 7) is 0. The normalized spacial score (nSPS) is 11.7. The molecule has 0 aliphatic carbocycles. The number of hydrogen-bond acceptors (Lipinski definition) is 3. The van der Waals surface area contributed by atoms with Crippen LogP contribution in [0.2, 0.25) is 0 Å². The van der Waals surface area contributed by atoms with Gasteiger partial charge >= 0.3 is 6.18 Å². The summed E-state index contributed by atoms with van der Waals surface area (Å²) >= 11 is 0. The average Bonchev–Trinajstić information content (AvgIpc) is 2.71. The summed E-state index contributed by atoms with van der Waals surface area (Å²) in [5.41, 5.74) is 0.380. The SMILES string of the molecule is O=C(CC(=O)C(F)(F)F)c1cnn2ccccc12. The molecule has 0 aliphatic heterocycles. The number of hydrogen-bond donors (Lipinski definition) is 0. The van der Waals surface area contributed by atoms with Crippen LogP contribution in [0.1, 0.15) is 16.8 Å². The maximum absolute atomic E-state index is 12.0. The molecule has 0 radical (unpaired) electrons. The van der Waals surface area contributed by atoms with E-state index in [-0.39, 0.29) is 5.56 Å². The van der Waals surface area contributed by atoms with E-state index in [1.807, 2.05) is 0 Å². The van der Waals surface area contributed by atoms with Crippen LogP contribution >= 0.6 is 0 Å². The Bertz CT molecular complexity index is 616. The molecule has 0 bridgehead atoms. The lowest BCUT2D eigenvalue weighted by Crippen LogP contribution is -2.25. The van der Waals surface area contributed by atoms with Gasteiger partial charge in [0.2, 0.25) is 5.78 Å². The second kappa shape index (κ2) is 4.25. The Labute approximate surface area is 99.0 Å². The third kappa shape index (κ3) is 2.24. The van der Waals surface area contributed by atoms with Crippen LogP contribution < -0.4 is 0 Å². The van der Waals surface area contributed by atoms with Crippen LogP contribution in [0.25, 0.3) is 5.52 Å². The standard InChI is InChI=1S/C11H7F3N2O2/c12-11(13,14)10(18)5-9(17)7-6-15-16-4-2-1-3-8(7)16/h1-4,6H,5H2. The van der Waals surface area contributed by atoms with E-state index in [0.717, 1.165) is 6.20 Å². The van der Waals surface area contributed by atoms with Crippen LogP contribution in [0, 0.1) is 0 Å². The molecule has 0 atom stereocenters. The summed E-state index contributed by atoms with van der Waals surface area (Å²) in [7, 11) is 0. The zero-order valence-electron chi connectivity index (χ0n) is 8.94. The molecule has 0 aliphatic rings. The number of aromatic nitrogens is 2. The molecule has 0 fully saturated rings. The lowest BCUT2D eigenvalue weighted by Gasteiger charge is -2.03. The third-order valence-corrected chi connectivity index (χ3v) is 2.36. The first-order chi connectivity index (χ1) is 8.39. The highest BCUT2D eigenvalue weighted by Crippen LogP contribution is 2.20. The van der Waals surface area contributed by atoms with Crippen LogP contribution in [-0.4, -0.2) is 27.4 Å². The molecular formula is C11H7F3N2O2. The lowest BCUT2D eigenvalue weighted by molar-refractivity contribution is -0.170. The highest BCUT2D eigenvalue weighted by molar-refractivity contribution is 6.12. The number of rotatable bonds is 3. The van der Waals surface area contributed by atoms with Crippen LogP contribution in [0.4, 0.5) is 13.2 Å². The van der Waals surface area contributed by atoms with E-state index < -0.39 is 24.2 Å². The molecular weight excluding hydrogens is 249 g/mol. The molecule has 18 heavy (non-hydrogen) atoms. The van der Waals surface area contributed by atoms with Gasteiger partial charge in [-0.2, -0.15) is 18.3 Å². The smallest absolute Gasteiger partial charge is 0.294 e. The predicted molar refractivity (Wildman–Crippen MR) is 55.2 cm³/mol. The number of fused-ring (bicyclic) bond motifs is 1. The van der Waals surface area contributed by atoms with Crippen molar-refractivity contribution >= 4 is 17.1 Å². The zero-order chi connectivity index (χ0) is 13.3. The number of alkyl halides is 3. The summed E-state index contributed by atoms with van der Waals surface area (Å²) in [6, 6.07) is 4.83. The first kappa shape index (κ1) is 12.3. The Balaban J connectivity index is 2.27. The van der Waals surface area contributed by atoms with Gasteiger partial charge in [-0.25, -0.2) is 4.52 Å². The Morgan fingerprint density at radius 1 is 1.28 bits per heavy atom. The van der Waals surface area contributed by atoms with Gasteiger partial charge in [0.1, 0.15) is 0 Å². The maximum Gasteiger partial charge on any atom is 0.450 e. The lowest BCUT2D eigenvalue weighted by atomic mass is 10.1. The van der Waals surface area contributed by atoms with Crippen molar-refractivity contribution in [3.63, 3.8) is 0 Å². The van der Waals surface area contributed by atoms with Gasteiger partial charge in [0.15, 0.2) is 5.78 Å². The molecule has 0 amide bonds. The quantitative estimate of drug-likeness (QED) is 0.623. The van der Waals surface area contributed by atoms with Crippen molar-refractivity contribution in [2.45, 2.75) is 12.6 Å². The van der Waals surface area contributed by atoms with Gasteiger partial charge in [0, 0.05) is 6.20 Å². The third-order valence-electron chi connectivity index (χ3n) is 2.36. The van der Waals surface area contributed by atoms with E-state index in [1.165, 1.54) is 10.6 Å². The van der Waals surface area contributed by atoms with Gasteiger partial charge in [0.05, 0.1) is 23.7 Å². The minimum Gasteiger partial charge on any atom is -0.294 e. The van der Waals surface area contributed by atoms with E-state index in [1.54, 1.807) is 18.3 Å². The molecule has 0 aromatic carbocycles. The van der Waals surface area contributed by atoms with Crippen LogP contribution in [-0.2, 0) is 4.79 Å². The Kier molecular flexibility index (Phi) is 2.90. The largest absolute Gasteiger partial charge is 0.450 e. The second-order valence-corrected chi connectivity index (χ2v) is 3.61. The minimum absolute atomic E-state index is 0.00759. The second-order valence-electron chi connectivity index (χ2n) is 3.61. The fourth-order valence-electron chi connectivity index (χ4n) is 1.49. The van der Waals surface area contributed by atoms with Crippen LogP contribution in [0.15, 0.2) is 30.6 Å². The molecule has 2 rings (SSSR count). The number of carbonyl (C=O) groups excluding carboxylic acids is 2. The van der Waals surface area contributed by atoms with Gasteiger partial charge < -0.3 is 0 Å². The first-order valence-electron chi connectivity index (χ1n) is 4.95. The summed E-state index contributed by atoms with van der Waals surface area (Å²) in [5.74, 6) is -2.94. The van der Waals surface area contributed by atoms with Gasteiger partial charge in [-0.3, -0.25) is 9.59 Å². The van der Waals surface area contributed by atoms with Crippen molar-refractivity contribution in [3.8, 4) is 0 Å². The maximum atomic E-state index is 12.0. The molecule has 94 valence electrons. The Morgan fingerprint density at radius 2 is 2.00 bits per heavy atom. The van der Waals surface area contributed by atoms with E-state index in [9.17, 15) is 22.8 Å². The number of pyridine rings is 1. The Morgan fingerprint density at radius 3 is 2.67 bits per heavy atom. The summed E-state index contributed by atoms with van der Waals surface area (Å²) in [5, 5.41) is 3.81. The van der Waals surface area contributed by atoms with Crippen LogP contribution in [0.3, 0.4) is 0 Å². The topological polar surface area (TPSA) is 51.4 Å². The summed E-state index contributed by atoms with van der Waals surface area (Å²) in [6.07, 6.45) is -3.47. The molecule has 0 saturated heterocycles. The van der Waals surface area contributed by atoms with Crippen molar-refractivity contribution in [1.29, 1.82) is 0 Å². The molecule has 0 spiro atoms. The van der Waals surface area contributed by atoms with Gasteiger partial charge in [-0.1, -0.05) is 6.07 Å². The molecule has 2 aromatic heterocycles. The summed E-state index contributed by atoms with van der Waals surface area (Å²) in [4.78, 5) is 22.3. The monoisotopic (exact) mass is 256 g/mol. The van der Waals surface area contributed by atoms with E-state index in [4.69, 9.17) is 0 Å². The molecule has 0 saturated carbocycles. The Hall–Kier alpha value is -2.18. The van der Waals surface area contributed by atoms with Crippen molar-refractivity contribution in [3.05, 3.63) is 36.2 Å². The minimum atomic E-state index is -4.99. The zero-order valence-corrected chi connectivity index (χ0v) is 8.94. The summed E-state index contributed by atoms with van der Waals surface area (Å²) < 4.78 is 37.5. The molecule has 0 unspecified atom stereocenters. The molecule has 2 heterocycles. The molecule has 4 nitrogen and oxygen atoms in total. The molecule has 0 N–H and O–H groups in total. The first-order valence-corrected chi connectivity index (χ1v) is 4.95. The molecule has 7 heteroatoms. The number of Topliss-reactive ketones (excluding diaryl/α,β-unsaturated/α-hetero) is 2. The fraction of sp³-hybridized carbons (Fsp3) is 0.182. The number of nitrogens with zero attached hydrogens (tertiary/aromatic N) is 2. The number of halogens is 3. The highest BCUT2D eigenvalue weighted by Gasteiger charge is 2.39. The predicted octanol–water partition coefficient (Wildman–Crippen LogP) is 2.04. The van der Waals surface area contributed by atoms with Crippen molar-refractivity contribution in [2.75, 3.05) is 0 Å². The van der Waals surface area contributed by atoms with Gasteiger partial charge in [-0.05, 0) is 12.1 Å². The van der Waals surface area contributed by atoms with Crippen molar-refractivity contribution in [1.82, 2.24) is 9.61 Å². The van der Waals surface area contributed by atoms with E-state index in [2.05, 4.69) is 5.10 Å². The fourth-order valence-corrected chi connectivity index (χ4v) is 1.49. The molecule has 2 aromatic rings. The number of ketones is 2. The van der Waals surface area contributed by atoms with Crippen molar-refractivity contribution < 1.29 is 22.8 Å². The highest BCUT2D eigenvalue weighted by atomic mass is 19.4. The van der Waals surface area contributed by atoms with Crippen LogP contribution in [0.5, 0.6) is 0 Å². The van der Waals surface area contributed by atoms with E-state index in [0.29, 0.717) is 5.52 Å². The average molecular weight is 256 g/mol. The van der Waals surface area contributed by atoms with E-state index >= 15 is 0 Å². The van der Waals surface area contributed by atoms with Gasteiger partial charge in [-0.15, -0.1) is 0 Å². The van der Waals surface area contributed by atoms with Gasteiger partial charge in [0.25, 0.3) is 0 Å². The number of carbonyl (C=O) groups is 2. The van der Waals surface area contributed by atoms with Crippen molar-refractivity contribution in [2.24, 2.45) is 0 Å².